The van der Waals surface area contributed by atoms with Gasteiger partial charge in [0.05, 0.1) is 13.1 Å². The Kier molecular flexibility index (Phi) is 8.26. The van der Waals surface area contributed by atoms with Crippen LogP contribution < -0.4 is 11.2 Å². The van der Waals surface area contributed by atoms with E-state index in [9.17, 15) is 9.59 Å². The molecule has 5 N–H and O–H groups in total. The van der Waals surface area contributed by atoms with Gasteiger partial charge in [0, 0.05) is 43.3 Å². The number of hydrazone groups is 1. The topological polar surface area (TPSA) is 158 Å². The number of hydrogen-bond acceptors (Lipinski definition) is 8. The Hall–Kier alpha value is -3.41. The quantitative estimate of drug-likeness (QED) is 0.317. The van der Waals surface area contributed by atoms with Gasteiger partial charge in [-0.3, -0.25) is 19.9 Å². The van der Waals surface area contributed by atoms with E-state index in [-0.39, 0.29) is 19.0 Å². The van der Waals surface area contributed by atoms with E-state index in [4.69, 9.17) is 10.5 Å². The highest BCUT2D eigenvalue weighted by atomic mass is 16.6. The fourth-order valence-electron chi connectivity index (χ4n) is 4.02. The van der Waals surface area contributed by atoms with Crippen molar-refractivity contribution in [2.24, 2.45) is 10.8 Å². The number of nitrogens with two attached hydrogens (primary N) is 1. The lowest BCUT2D eigenvalue weighted by molar-refractivity contribution is -0.138. The number of primary amides is 1. The van der Waals surface area contributed by atoms with Gasteiger partial charge >= 0.3 is 5.91 Å². The Morgan fingerprint density at radius 2 is 1.62 bits per heavy atom. The number of aromatic amines is 2. The number of unbranched alkanes of at least 4 members (excludes halogenated alkanes) is 1. The molecule has 3 heterocycles. The van der Waals surface area contributed by atoms with E-state index in [2.05, 4.69) is 63.1 Å². The van der Waals surface area contributed by atoms with Gasteiger partial charge in [-0.1, -0.05) is 0 Å². The van der Waals surface area contributed by atoms with Crippen molar-refractivity contribution < 1.29 is 14.3 Å². The van der Waals surface area contributed by atoms with Crippen molar-refractivity contribution in [3.63, 3.8) is 0 Å². The van der Waals surface area contributed by atoms with Gasteiger partial charge < -0.3 is 25.3 Å². The van der Waals surface area contributed by atoms with Gasteiger partial charge in [-0.25, -0.2) is 9.97 Å². The molecule has 0 radical (unpaired) electrons. The lowest BCUT2D eigenvalue weighted by Crippen LogP contribution is -2.53. The van der Waals surface area contributed by atoms with Gasteiger partial charge in [0.25, 0.3) is 17.5 Å². The number of nitrogens with zero attached hydrogens (tertiary/aromatic N) is 5. The average molecular weight is 474 g/mol. The lowest BCUT2D eigenvalue weighted by Gasteiger charge is -2.31. The second-order valence-electron chi connectivity index (χ2n) is 8.94. The summed E-state index contributed by atoms with van der Waals surface area (Å²) >= 11 is 0. The zero-order chi connectivity index (χ0) is 24.7. The Labute approximate surface area is 199 Å². The predicted octanol–water partition coefficient (Wildman–Crippen LogP) is 1.07. The normalized spacial score (nSPS) is 17.7. The maximum Gasteiger partial charge on any atom is 0.311 e. The van der Waals surface area contributed by atoms with E-state index in [0.717, 1.165) is 13.0 Å². The zero-order valence-corrected chi connectivity index (χ0v) is 20.2. The molecule has 12 nitrogen and oxygen atoms in total. The molecule has 0 fully saturated rings. The molecular weight excluding hydrogens is 438 g/mol. The maximum absolute atomic E-state index is 13.3. The van der Waals surface area contributed by atoms with Crippen LogP contribution in [0.4, 0.5) is 0 Å². The number of aromatic nitrogens is 4. The maximum atomic E-state index is 13.3. The van der Waals surface area contributed by atoms with Gasteiger partial charge in [-0.2, -0.15) is 0 Å². The summed E-state index contributed by atoms with van der Waals surface area (Å²) in [6.07, 6.45) is 8.38. The minimum Gasteiger partial charge on any atom is -0.435 e. The van der Waals surface area contributed by atoms with Crippen LogP contribution in [-0.4, -0.2) is 71.8 Å². The molecule has 1 aliphatic heterocycles. The van der Waals surface area contributed by atoms with E-state index < -0.39 is 17.5 Å². The van der Waals surface area contributed by atoms with Crippen molar-refractivity contribution in [2.45, 2.75) is 77.9 Å². The number of ether oxygens (including phenoxy) is 1. The highest BCUT2D eigenvalue weighted by Gasteiger charge is 2.46. The predicted molar refractivity (Wildman–Crippen MR) is 126 cm³/mol. The summed E-state index contributed by atoms with van der Waals surface area (Å²) in [5.41, 5.74) is 6.80. The minimum absolute atomic E-state index is 0.179. The molecule has 0 saturated carbocycles. The van der Waals surface area contributed by atoms with Crippen molar-refractivity contribution in [1.29, 1.82) is 0 Å². The van der Waals surface area contributed by atoms with Crippen LogP contribution in [0.3, 0.4) is 0 Å². The summed E-state index contributed by atoms with van der Waals surface area (Å²) < 4.78 is 5.79. The molecule has 2 amide bonds. The van der Waals surface area contributed by atoms with E-state index in [0.29, 0.717) is 36.6 Å². The van der Waals surface area contributed by atoms with Crippen LogP contribution in [0.25, 0.3) is 0 Å². The van der Waals surface area contributed by atoms with Gasteiger partial charge in [0.1, 0.15) is 11.6 Å². The van der Waals surface area contributed by atoms with Gasteiger partial charge in [0.15, 0.2) is 0 Å². The highest BCUT2D eigenvalue weighted by Crippen LogP contribution is 2.23. The molecule has 1 aliphatic rings. The molecule has 12 heteroatoms. The zero-order valence-electron chi connectivity index (χ0n) is 20.2. The Balaban J connectivity index is 1.63. The molecule has 0 aromatic carbocycles. The molecule has 2 aromatic heterocycles. The monoisotopic (exact) mass is 473 g/mol. The van der Waals surface area contributed by atoms with Crippen LogP contribution in [-0.2, 0) is 27.4 Å². The molecule has 3 rings (SSSR count). The molecule has 0 spiro atoms. The minimum atomic E-state index is -1.55. The van der Waals surface area contributed by atoms with Crippen LogP contribution >= 0.6 is 0 Å². The van der Waals surface area contributed by atoms with Crippen molar-refractivity contribution in [1.82, 2.24) is 35.2 Å². The Morgan fingerprint density at radius 3 is 2.09 bits per heavy atom. The highest BCUT2D eigenvalue weighted by molar-refractivity contribution is 6.35. The summed E-state index contributed by atoms with van der Waals surface area (Å²) in [6, 6.07) is 0.848. The molecule has 1 unspecified atom stereocenters. The van der Waals surface area contributed by atoms with Crippen molar-refractivity contribution >= 4 is 17.7 Å². The average Bonchev–Trinajstić information content (AvgIpc) is 3.55. The second-order valence-corrected chi connectivity index (χ2v) is 8.94. The summed E-state index contributed by atoms with van der Waals surface area (Å²) in [5, 5.41) is 4.04. The third-order valence-corrected chi connectivity index (χ3v) is 5.79. The standard InChI is InChI=1S/C22H35N9O3/c1-15(2)31(16(3)4)12-6-5-7-22(21(23)33)29-28-19(34-22)20(32)30(13-17-24-8-9-25-17)14-18-26-10-11-27-18/h8-11,15-16,29H,5-7,12-14H2,1-4H3,(H2,23,33)(H,24,25)(H,26,27). The Bertz CT molecular complexity index is 912. The Morgan fingerprint density at radius 1 is 1.03 bits per heavy atom. The first-order valence-electron chi connectivity index (χ1n) is 11.6. The van der Waals surface area contributed by atoms with Gasteiger partial charge in [0.2, 0.25) is 0 Å². The van der Waals surface area contributed by atoms with E-state index >= 15 is 0 Å². The second kappa shape index (κ2) is 11.1. The number of imidazole rings is 2. The third-order valence-electron chi connectivity index (χ3n) is 5.79. The summed E-state index contributed by atoms with van der Waals surface area (Å²) in [4.78, 5) is 43.8. The number of rotatable bonds is 13. The summed E-state index contributed by atoms with van der Waals surface area (Å²) in [6.45, 7) is 9.89. The van der Waals surface area contributed by atoms with Crippen molar-refractivity contribution in [2.75, 3.05) is 6.54 Å². The molecular formula is C22H35N9O3. The number of carbonyl (C=O) groups is 2. The number of carbonyl (C=O) groups excluding carboxylic acids is 2. The van der Waals surface area contributed by atoms with Crippen LogP contribution in [0.2, 0.25) is 0 Å². The molecule has 0 saturated heterocycles. The van der Waals surface area contributed by atoms with Crippen LogP contribution in [0.1, 0.15) is 58.6 Å². The molecule has 0 aliphatic carbocycles. The SMILES string of the molecule is CC(C)N(CCCCC1(C(N)=O)NN=C(C(=O)N(Cc2ncc[nH]2)Cc2ncc[nH]2)O1)C(C)C. The number of amides is 2. The molecule has 1 atom stereocenters. The first-order valence-corrected chi connectivity index (χ1v) is 11.6. The third kappa shape index (κ3) is 6.13. The molecule has 186 valence electrons. The smallest absolute Gasteiger partial charge is 0.311 e. The van der Waals surface area contributed by atoms with E-state index in [1.807, 2.05) is 0 Å². The summed E-state index contributed by atoms with van der Waals surface area (Å²) in [5.74, 6) is -0.260. The molecule has 0 bridgehead atoms. The number of nitrogens with one attached hydrogen (secondary N) is 3. The fraction of sp³-hybridized carbons (Fsp3) is 0.591. The molecule has 2 aromatic rings. The summed E-state index contributed by atoms with van der Waals surface area (Å²) in [7, 11) is 0. The largest absolute Gasteiger partial charge is 0.435 e. The first kappa shape index (κ1) is 25.2. The lowest BCUT2D eigenvalue weighted by atomic mass is 10.0. The first-order chi connectivity index (χ1) is 16.2. The fourth-order valence-corrected chi connectivity index (χ4v) is 4.02. The van der Waals surface area contributed by atoms with Crippen molar-refractivity contribution in [3.05, 3.63) is 36.4 Å². The van der Waals surface area contributed by atoms with Crippen molar-refractivity contribution in [3.8, 4) is 0 Å². The molecule has 34 heavy (non-hydrogen) atoms. The number of H-pyrrole nitrogens is 2. The van der Waals surface area contributed by atoms with Crippen LogP contribution in [0.5, 0.6) is 0 Å². The number of hydrogen-bond donors (Lipinski definition) is 4. The van der Waals surface area contributed by atoms with Gasteiger partial charge in [-0.05, 0) is 47.1 Å². The van der Waals surface area contributed by atoms with E-state index in [1.54, 1.807) is 24.8 Å². The van der Waals surface area contributed by atoms with E-state index in [1.165, 1.54) is 4.90 Å². The van der Waals surface area contributed by atoms with Crippen LogP contribution in [0.15, 0.2) is 29.9 Å². The van der Waals surface area contributed by atoms with Crippen LogP contribution in [0, 0.1) is 0 Å². The van der Waals surface area contributed by atoms with Gasteiger partial charge in [-0.15, -0.1) is 5.10 Å².